The van der Waals surface area contributed by atoms with Gasteiger partial charge in [-0.2, -0.15) is 4.98 Å². The van der Waals surface area contributed by atoms with Crippen molar-refractivity contribution in [1.82, 2.24) is 15.0 Å². The van der Waals surface area contributed by atoms with Crippen LogP contribution in [0.2, 0.25) is 0 Å². The Morgan fingerprint density at radius 3 is 2.67 bits per heavy atom. The Labute approximate surface area is 143 Å². The van der Waals surface area contributed by atoms with Crippen LogP contribution in [-0.2, 0) is 4.74 Å². The maximum Gasteiger partial charge on any atom is 0.244 e. The van der Waals surface area contributed by atoms with Crippen molar-refractivity contribution in [3.05, 3.63) is 36.2 Å². The van der Waals surface area contributed by atoms with Crippen molar-refractivity contribution < 1.29 is 9.26 Å². The third-order valence-electron chi connectivity index (χ3n) is 5.23. The van der Waals surface area contributed by atoms with Crippen LogP contribution >= 0.6 is 0 Å². The molecule has 5 heteroatoms. The van der Waals surface area contributed by atoms with Crippen molar-refractivity contribution in [2.24, 2.45) is 0 Å². The highest BCUT2D eigenvalue weighted by Gasteiger charge is 2.30. The van der Waals surface area contributed by atoms with Gasteiger partial charge in [-0.3, -0.25) is 4.90 Å². The third-order valence-corrected chi connectivity index (χ3v) is 5.23. The molecule has 24 heavy (non-hydrogen) atoms. The fourth-order valence-electron chi connectivity index (χ4n) is 3.47. The lowest BCUT2D eigenvalue weighted by molar-refractivity contribution is -0.0838. The topological polar surface area (TPSA) is 51.4 Å². The smallest absolute Gasteiger partial charge is 0.244 e. The standard InChI is InChI=1S/C19H25N3O2/c1-14(19-20-18(21-24-19)15-7-3-2-4-8-15)22-12-6-11-17(13-22)23-16-9-5-10-16/h2-4,7-8,14,16-17H,5-6,9-13H2,1H3. The highest BCUT2D eigenvalue weighted by molar-refractivity contribution is 5.53. The highest BCUT2D eigenvalue weighted by Crippen LogP contribution is 2.29. The predicted molar refractivity (Wildman–Crippen MR) is 91.5 cm³/mol. The second kappa shape index (κ2) is 7.03. The summed E-state index contributed by atoms with van der Waals surface area (Å²) in [6.45, 7) is 4.17. The van der Waals surface area contributed by atoms with E-state index < -0.39 is 0 Å². The molecular weight excluding hydrogens is 302 g/mol. The molecule has 0 spiro atoms. The van der Waals surface area contributed by atoms with E-state index in [1.165, 1.54) is 32.1 Å². The molecule has 1 aliphatic heterocycles. The molecule has 4 rings (SSSR count). The van der Waals surface area contributed by atoms with Gasteiger partial charge in [0.05, 0.1) is 18.2 Å². The number of ether oxygens (including phenoxy) is 1. The van der Waals surface area contributed by atoms with Crippen LogP contribution in [0.25, 0.3) is 11.4 Å². The molecule has 0 amide bonds. The number of likely N-dealkylation sites (tertiary alicyclic amines) is 1. The summed E-state index contributed by atoms with van der Waals surface area (Å²) < 4.78 is 11.7. The molecule has 128 valence electrons. The zero-order chi connectivity index (χ0) is 16.4. The van der Waals surface area contributed by atoms with E-state index in [4.69, 9.17) is 9.26 Å². The highest BCUT2D eigenvalue weighted by atomic mass is 16.5. The number of nitrogens with zero attached hydrogens (tertiary/aromatic N) is 3. The molecule has 2 heterocycles. The van der Waals surface area contributed by atoms with E-state index in [1.54, 1.807) is 0 Å². The normalized spacial score (nSPS) is 23.8. The Kier molecular flexibility index (Phi) is 4.63. The number of benzene rings is 1. The minimum Gasteiger partial charge on any atom is -0.374 e. The summed E-state index contributed by atoms with van der Waals surface area (Å²) in [4.78, 5) is 7.02. The number of rotatable bonds is 5. The van der Waals surface area contributed by atoms with E-state index in [0.29, 0.717) is 23.9 Å². The van der Waals surface area contributed by atoms with E-state index in [9.17, 15) is 0 Å². The van der Waals surface area contributed by atoms with Gasteiger partial charge in [0, 0.05) is 12.1 Å². The zero-order valence-corrected chi connectivity index (χ0v) is 14.2. The average molecular weight is 327 g/mol. The Balaban J connectivity index is 1.41. The van der Waals surface area contributed by atoms with Crippen molar-refractivity contribution in [2.75, 3.05) is 13.1 Å². The maximum absolute atomic E-state index is 6.21. The van der Waals surface area contributed by atoms with Gasteiger partial charge in [-0.05, 0) is 45.6 Å². The van der Waals surface area contributed by atoms with E-state index >= 15 is 0 Å². The van der Waals surface area contributed by atoms with Gasteiger partial charge in [-0.15, -0.1) is 0 Å². The quantitative estimate of drug-likeness (QED) is 0.835. The van der Waals surface area contributed by atoms with Crippen LogP contribution < -0.4 is 0 Å². The maximum atomic E-state index is 6.21. The Morgan fingerprint density at radius 2 is 1.92 bits per heavy atom. The lowest BCUT2D eigenvalue weighted by atomic mass is 9.95. The second-order valence-electron chi connectivity index (χ2n) is 6.95. The molecule has 2 aliphatic rings. The molecule has 2 aromatic rings. The molecule has 5 nitrogen and oxygen atoms in total. The molecule has 1 aliphatic carbocycles. The molecule has 2 unspecified atom stereocenters. The van der Waals surface area contributed by atoms with Crippen LogP contribution in [0.4, 0.5) is 0 Å². The summed E-state index contributed by atoms with van der Waals surface area (Å²) in [6, 6.07) is 10.1. The molecule has 2 atom stereocenters. The molecule has 1 aromatic carbocycles. The van der Waals surface area contributed by atoms with Crippen molar-refractivity contribution in [3.63, 3.8) is 0 Å². The van der Waals surface area contributed by atoms with Gasteiger partial charge in [0.1, 0.15) is 0 Å². The van der Waals surface area contributed by atoms with Crippen LogP contribution in [0.1, 0.15) is 51.0 Å². The van der Waals surface area contributed by atoms with E-state index in [2.05, 4.69) is 22.0 Å². The first-order valence-electron chi connectivity index (χ1n) is 9.08. The first-order valence-corrected chi connectivity index (χ1v) is 9.08. The SMILES string of the molecule is CC(c1nc(-c2ccccc2)no1)N1CCCC(OC2CCC2)C1. The number of piperidine rings is 1. The van der Waals surface area contributed by atoms with Crippen molar-refractivity contribution in [3.8, 4) is 11.4 Å². The van der Waals surface area contributed by atoms with Crippen LogP contribution in [0.3, 0.4) is 0 Å². The lowest BCUT2D eigenvalue weighted by Gasteiger charge is -2.38. The number of aromatic nitrogens is 2. The van der Waals surface area contributed by atoms with Crippen molar-refractivity contribution >= 4 is 0 Å². The van der Waals surface area contributed by atoms with Gasteiger partial charge in [0.15, 0.2) is 0 Å². The second-order valence-corrected chi connectivity index (χ2v) is 6.95. The monoisotopic (exact) mass is 327 g/mol. The minimum absolute atomic E-state index is 0.128. The Morgan fingerprint density at radius 1 is 1.12 bits per heavy atom. The van der Waals surface area contributed by atoms with Crippen molar-refractivity contribution in [1.29, 1.82) is 0 Å². The lowest BCUT2D eigenvalue weighted by Crippen LogP contribution is -2.43. The first kappa shape index (κ1) is 15.8. The van der Waals surface area contributed by atoms with Gasteiger partial charge >= 0.3 is 0 Å². The molecule has 0 bridgehead atoms. The Bertz CT molecular complexity index is 654. The summed E-state index contributed by atoms with van der Waals surface area (Å²) in [7, 11) is 0. The summed E-state index contributed by atoms with van der Waals surface area (Å²) in [5.41, 5.74) is 0.990. The zero-order valence-electron chi connectivity index (χ0n) is 14.2. The predicted octanol–water partition coefficient (Wildman–Crippen LogP) is 3.83. The van der Waals surface area contributed by atoms with Gasteiger partial charge in [-0.25, -0.2) is 0 Å². The largest absolute Gasteiger partial charge is 0.374 e. The fourth-order valence-corrected chi connectivity index (χ4v) is 3.47. The van der Waals surface area contributed by atoms with Gasteiger partial charge in [-0.1, -0.05) is 35.5 Å². The van der Waals surface area contributed by atoms with Crippen LogP contribution in [-0.4, -0.2) is 40.3 Å². The van der Waals surface area contributed by atoms with Crippen LogP contribution in [0.5, 0.6) is 0 Å². The molecule has 1 saturated heterocycles. The average Bonchev–Trinajstić information content (AvgIpc) is 3.09. The van der Waals surface area contributed by atoms with E-state index in [1.807, 2.05) is 30.3 Å². The van der Waals surface area contributed by atoms with Crippen LogP contribution in [0.15, 0.2) is 34.9 Å². The van der Waals surface area contributed by atoms with Crippen molar-refractivity contribution in [2.45, 2.75) is 57.3 Å². The molecule has 0 N–H and O–H groups in total. The number of hydrogen-bond acceptors (Lipinski definition) is 5. The Hall–Kier alpha value is -1.72. The first-order chi connectivity index (χ1) is 11.8. The molecule has 1 aromatic heterocycles. The molecular formula is C19H25N3O2. The van der Waals surface area contributed by atoms with Gasteiger partial charge < -0.3 is 9.26 Å². The van der Waals surface area contributed by atoms with E-state index in [0.717, 1.165) is 18.7 Å². The fraction of sp³-hybridized carbons (Fsp3) is 0.579. The summed E-state index contributed by atoms with van der Waals surface area (Å²) in [5, 5.41) is 4.15. The molecule has 2 fully saturated rings. The minimum atomic E-state index is 0.128. The summed E-state index contributed by atoms with van der Waals surface area (Å²) in [5.74, 6) is 1.36. The molecule has 0 radical (unpaired) electrons. The van der Waals surface area contributed by atoms with Gasteiger partial charge in [0.25, 0.3) is 0 Å². The van der Waals surface area contributed by atoms with Gasteiger partial charge in [0.2, 0.25) is 11.7 Å². The summed E-state index contributed by atoms with van der Waals surface area (Å²) in [6.07, 6.45) is 6.97. The molecule has 1 saturated carbocycles. The third kappa shape index (κ3) is 3.37. The summed E-state index contributed by atoms with van der Waals surface area (Å²) >= 11 is 0. The number of hydrogen-bond donors (Lipinski definition) is 0. The van der Waals surface area contributed by atoms with E-state index in [-0.39, 0.29) is 6.04 Å². The van der Waals surface area contributed by atoms with Crippen LogP contribution in [0, 0.1) is 0 Å².